The molecule has 3 rings (SSSR count). The Labute approximate surface area is 100 Å². The lowest BCUT2D eigenvalue weighted by Crippen LogP contribution is -2.22. The number of pyridine rings is 1. The molecular formula is C13H16N2O2. The smallest absolute Gasteiger partial charge is 0.354 e. The molecule has 17 heavy (non-hydrogen) atoms. The molecule has 4 nitrogen and oxygen atoms in total. The van der Waals surface area contributed by atoms with Gasteiger partial charge in [-0.1, -0.05) is 6.07 Å². The van der Waals surface area contributed by atoms with Crippen LogP contribution in [0.4, 0.5) is 5.82 Å². The van der Waals surface area contributed by atoms with Crippen molar-refractivity contribution in [1.29, 1.82) is 0 Å². The van der Waals surface area contributed by atoms with Crippen molar-refractivity contribution in [2.75, 3.05) is 18.0 Å². The van der Waals surface area contributed by atoms with Crippen molar-refractivity contribution in [2.24, 2.45) is 11.8 Å². The SMILES string of the molecule is O=C(O)c1cccc(N2CCC(C3CC3)C2)n1. The number of hydrogen-bond donors (Lipinski definition) is 1. The molecule has 0 aromatic carbocycles. The molecular weight excluding hydrogens is 216 g/mol. The Morgan fingerprint density at radius 2 is 2.12 bits per heavy atom. The van der Waals surface area contributed by atoms with Crippen LogP contribution in [0.1, 0.15) is 29.8 Å². The van der Waals surface area contributed by atoms with E-state index in [1.165, 1.54) is 19.3 Å². The van der Waals surface area contributed by atoms with Gasteiger partial charge in [-0.15, -0.1) is 0 Å². The van der Waals surface area contributed by atoms with Gasteiger partial charge < -0.3 is 10.0 Å². The van der Waals surface area contributed by atoms with E-state index in [-0.39, 0.29) is 5.69 Å². The molecule has 1 aromatic heterocycles. The van der Waals surface area contributed by atoms with Crippen molar-refractivity contribution in [3.05, 3.63) is 23.9 Å². The van der Waals surface area contributed by atoms with Crippen molar-refractivity contribution >= 4 is 11.8 Å². The Bertz CT molecular complexity index is 443. The van der Waals surface area contributed by atoms with Gasteiger partial charge in [0.05, 0.1) is 0 Å². The minimum absolute atomic E-state index is 0.136. The molecule has 1 atom stereocenters. The van der Waals surface area contributed by atoms with Crippen LogP contribution < -0.4 is 4.90 Å². The Hall–Kier alpha value is -1.58. The summed E-state index contributed by atoms with van der Waals surface area (Å²) in [6.45, 7) is 2.05. The molecule has 1 aliphatic carbocycles. The van der Waals surface area contributed by atoms with Gasteiger partial charge >= 0.3 is 5.97 Å². The largest absolute Gasteiger partial charge is 0.477 e. The third-order valence-electron chi connectivity index (χ3n) is 3.79. The first-order chi connectivity index (χ1) is 8.24. The van der Waals surface area contributed by atoms with Crippen molar-refractivity contribution < 1.29 is 9.90 Å². The first-order valence-corrected chi connectivity index (χ1v) is 6.19. The second kappa shape index (κ2) is 4.02. The summed E-state index contributed by atoms with van der Waals surface area (Å²) in [6.07, 6.45) is 3.98. The summed E-state index contributed by atoms with van der Waals surface area (Å²) in [5, 5.41) is 8.92. The van der Waals surface area contributed by atoms with Crippen molar-refractivity contribution in [1.82, 2.24) is 4.98 Å². The van der Waals surface area contributed by atoms with Gasteiger partial charge in [0.25, 0.3) is 0 Å². The van der Waals surface area contributed by atoms with Gasteiger partial charge in [-0.2, -0.15) is 0 Å². The second-order valence-corrected chi connectivity index (χ2v) is 5.02. The second-order valence-electron chi connectivity index (χ2n) is 5.02. The van der Waals surface area contributed by atoms with Gasteiger partial charge in [0.1, 0.15) is 5.82 Å². The van der Waals surface area contributed by atoms with E-state index in [1.54, 1.807) is 12.1 Å². The van der Waals surface area contributed by atoms with Crippen LogP contribution in [0.3, 0.4) is 0 Å². The fraction of sp³-hybridized carbons (Fsp3) is 0.538. The normalized spacial score (nSPS) is 24.0. The van der Waals surface area contributed by atoms with E-state index in [0.29, 0.717) is 0 Å². The Kier molecular flexibility index (Phi) is 2.50. The molecule has 1 N–H and O–H groups in total. The summed E-state index contributed by atoms with van der Waals surface area (Å²) < 4.78 is 0. The summed E-state index contributed by atoms with van der Waals surface area (Å²) in [5.74, 6) is 1.57. The van der Waals surface area contributed by atoms with E-state index in [0.717, 1.165) is 30.7 Å². The maximum atomic E-state index is 10.9. The molecule has 0 radical (unpaired) electrons. The Balaban J connectivity index is 1.75. The molecule has 2 aliphatic rings. The van der Waals surface area contributed by atoms with Gasteiger partial charge in [-0.05, 0) is 43.2 Å². The van der Waals surface area contributed by atoms with Crippen molar-refractivity contribution in [3.8, 4) is 0 Å². The summed E-state index contributed by atoms with van der Waals surface area (Å²) in [5.41, 5.74) is 0.136. The minimum atomic E-state index is -0.954. The molecule has 1 saturated heterocycles. The molecule has 1 saturated carbocycles. The highest BCUT2D eigenvalue weighted by molar-refractivity contribution is 5.85. The summed E-state index contributed by atoms with van der Waals surface area (Å²) in [7, 11) is 0. The zero-order chi connectivity index (χ0) is 11.8. The topological polar surface area (TPSA) is 53.4 Å². The van der Waals surface area contributed by atoms with Crippen LogP contribution in [0.15, 0.2) is 18.2 Å². The summed E-state index contributed by atoms with van der Waals surface area (Å²) in [4.78, 5) is 17.3. The molecule has 1 unspecified atom stereocenters. The third kappa shape index (κ3) is 2.12. The van der Waals surface area contributed by atoms with Crippen molar-refractivity contribution in [3.63, 3.8) is 0 Å². The number of anilines is 1. The number of carbonyl (C=O) groups is 1. The zero-order valence-electron chi connectivity index (χ0n) is 9.67. The number of aromatic carboxylic acids is 1. The number of carboxylic acid groups (broad SMARTS) is 1. The number of rotatable bonds is 3. The Morgan fingerprint density at radius 1 is 1.29 bits per heavy atom. The maximum absolute atomic E-state index is 10.9. The highest BCUT2D eigenvalue weighted by Gasteiger charge is 2.36. The van der Waals surface area contributed by atoms with Gasteiger partial charge in [-0.25, -0.2) is 9.78 Å². The molecule has 1 aromatic rings. The number of hydrogen-bond acceptors (Lipinski definition) is 3. The van der Waals surface area contributed by atoms with Crippen molar-refractivity contribution in [2.45, 2.75) is 19.3 Å². The number of nitrogens with zero attached hydrogens (tertiary/aromatic N) is 2. The van der Waals surface area contributed by atoms with E-state index in [4.69, 9.17) is 5.11 Å². The van der Waals surface area contributed by atoms with Gasteiger partial charge in [-0.3, -0.25) is 0 Å². The predicted molar refractivity (Wildman–Crippen MR) is 64.2 cm³/mol. The molecule has 2 fully saturated rings. The molecule has 2 heterocycles. The predicted octanol–water partition coefficient (Wildman–Crippen LogP) is 2.02. The molecule has 0 spiro atoms. The van der Waals surface area contributed by atoms with Gasteiger partial charge in [0, 0.05) is 13.1 Å². The maximum Gasteiger partial charge on any atom is 0.354 e. The van der Waals surface area contributed by atoms with Gasteiger partial charge in [0.2, 0.25) is 0 Å². The average molecular weight is 232 g/mol. The van der Waals surface area contributed by atoms with Crippen LogP contribution in [0.25, 0.3) is 0 Å². The van der Waals surface area contributed by atoms with Crippen LogP contribution in [-0.2, 0) is 0 Å². The first kappa shape index (κ1) is 10.6. The summed E-state index contributed by atoms with van der Waals surface area (Å²) in [6, 6.07) is 5.22. The standard InChI is InChI=1S/C13H16N2O2/c16-13(17)11-2-1-3-12(14-11)15-7-6-10(8-15)9-4-5-9/h1-3,9-10H,4-8H2,(H,16,17). The molecule has 0 bridgehead atoms. The zero-order valence-corrected chi connectivity index (χ0v) is 9.67. The number of carboxylic acids is 1. The molecule has 0 amide bonds. The van der Waals surface area contributed by atoms with Crippen LogP contribution in [0.5, 0.6) is 0 Å². The fourth-order valence-electron chi connectivity index (χ4n) is 2.67. The number of aromatic nitrogens is 1. The van der Waals surface area contributed by atoms with E-state index >= 15 is 0 Å². The van der Waals surface area contributed by atoms with Gasteiger partial charge in [0.15, 0.2) is 5.69 Å². The highest BCUT2D eigenvalue weighted by atomic mass is 16.4. The average Bonchev–Trinajstić information content (AvgIpc) is 3.07. The van der Waals surface area contributed by atoms with Crippen LogP contribution in [0, 0.1) is 11.8 Å². The summed E-state index contributed by atoms with van der Waals surface area (Å²) >= 11 is 0. The third-order valence-corrected chi connectivity index (χ3v) is 3.79. The molecule has 1 aliphatic heterocycles. The highest BCUT2D eigenvalue weighted by Crippen LogP contribution is 2.41. The lowest BCUT2D eigenvalue weighted by atomic mass is 10.0. The van der Waals surface area contributed by atoms with Crippen LogP contribution in [0.2, 0.25) is 0 Å². The van der Waals surface area contributed by atoms with E-state index in [9.17, 15) is 4.79 Å². The lowest BCUT2D eigenvalue weighted by Gasteiger charge is -2.17. The van der Waals surface area contributed by atoms with E-state index < -0.39 is 5.97 Å². The monoisotopic (exact) mass is 232 g/mol. The quantitative estimate of drug-likeness (QED) is 0.866. The molecule has 90 valence electrons. The van der Waals surface area contributed by atoms with E-state index in [2.05, 4.69) is 9.88 Å². The fourth-order valence-corrected chi connectivity index (χ4v) is 2.67. The Morgan fingerprint density at radius 3 is 2.82 bits per heavy atom. The lowest BCUT2D eigenvalue weighted by molar-refractivity contribution is 0.0690. The minimum Gasteiger partial charge on any atom is -0.477 e. The van der Waals surface area contributed by atoms with Crippen LogP contribution >= 0.6 is 0 Å². The van der Waals surface area contributed by atoms with E-state index in [1.807, 2.05) is 6.07 Å². The molecule has 4 heteroatoms. The first-order valence-electron chi connectivity index (χ1n) is 6.19. The van der Waals surface area contributed by atoms with Crippen LogP contribution in [-0.4, -0.2) is 29.1 Å².